The van der Waals surface area contributed by atoms with E-state index in [1.54, 1.807) is 0 Å². The average Bonchev–Trinajstić information content (AvgIpc) is 2.98. The highest BCUT2D eigenvalue weighted by molar-refractivity contribution is 5.37. The molecule has 4 nitrogen and oxygen atoms in total. The lowest BCUT2D eigenvalue weighted by Crippen LogP contribution is -2.27. The molecule has 1 saturated carbocycles. The van der Waals surface area contributed by atoms with E-state index in [0.29, 0.717) is 17.6 Å². The zero-order valence-electron chi connectivity index (χ0n) is 8.91. The Balaban J connectivity index is 2.22. The Hall–Kier alpha value is -1.46. The minimum Gasteiger partial charge on any atom is -0.354 e. The molecule has 88 valence electrons. The fraction of sp³-hybridized carbons (Fsp3) is 0.600. The van der Waals surface area contributed by atoms with Crippen LogP contribution in [0.5, 0.6) is 0 Å². The van der Waals surface area contributed by atoms with E-state index in [9.17, 15) is 13.6 Å². The maximum absolute atomic E-state index is 12.2. The van der Waals surface area contributed by atoms with Gasteiger partial charge in [-0.05, 0) is 12.8 Å². The number of H-pyrrole nitrogens is 1. The summed E-state index contributed by atoms with van der Waals surface area (Å²) >= 11 is 0. The first kappa shape index (κ1) is 11.0. The van der Waals surface area contributed by atoms with Crippen LogP contribution in [0.3, 0.4) is 0 Å². The van der Waals surface area contributed by atoms with E-state index in [1.807, 2.05) is 0 Å². The SMILES string of the molecule is CN(CC(F)F)c1cc(=O)[nH]c(C2CC2)n1. The summed E-state index contributed by atoms with van der Waals surface area (Å²) in [7, 11) is 1.50. The molecule has 0 unspecified atom stereocenters. The van der Waals surface area contributed by atoms with Crippen molar-refractivity contribution in [3.8, 4) is 0 Å². The molecule has 1 aliphatic rings. The Morgan fingerprint density at radius 1 is 1.62 bits per heavy atom. The lowest BCUT2D eigenvalue weighted by atomic mass is 10.4. The second-order valence-electron chi connectivity index (χ2n) is 4.03. The van der Waals surface area contributed by atoms with Gasteiger partial charge in [-0.25, -0.2) is 13.8 Å². The molecule has 1 aromatic heterocycles. The minimum atomic E-state index is -2.43. The Labute approximate surface area is 91.3 Å². The van der Waals surface area contributed by atoms with Gasteiger partial charge in [-0.3, -0.25) is 4.79 Å². The summed E-state index contributed by atoms with van der Waals surface area (Å²) in [4.78, 5) is 19.4. The normalized spacial score (nSPS) is 15.5. The smallest absolute Gasteiger partial charge is 0.255 e. The first-order valence-corrected chi connectivity index (χ1v) is 5.17. The molecule has 0 bridgehead atoms. The molecular weight excluding hydrogens is 216 g/mol. The van der Waals surface area contributed by atoms with Crippen LogP contribution in [-0.4, -0.2) is 30.0 Å². The average molecular weight is 229 g/mol. The van der Waals surface area contributed by atoms with Crippen molar-refractivity contribution in [1.29, 1.82) is 0 Å². The van der Waals surface area contributed by atoms with Crippen molar-refractivity contribution in [2.45, 2.75) is 25.2 Å². The number of nitrogens with zero attached hydrogens (tertiary/aromatic N) is 2. The number of nitrogens with one attached hydrogen (secondary N) is 1. The summed E-state index contributed by atoms with van der Waals surface area (Å²) in [6, 6.07) is 1.24. The van der Waals surface area contributed by atoms with E-state index < -0.39 is 13.0 Å². The molecule has 2 rings (SSSR count). The van der Waals surface area contributed by atoms with Crippen LogP contribution in [0.2, 0.25) is 0 Å². The summed E-state index contributed by atoms with van der Waals surface area (Å²) in [5, 5.41) is 0. The predicted octanol–water partition coefficient (Wildman–Crippen LogP) is 1.35. The molecular formula is C10H13F2N3O. The molecule has 1 N–H and O–H groups in total. The van der Waals surface area contributed by atoms with Gasteiger partial charge in [0.05, 0.1) is 6.54 Å². The van der Waals surface area contributed by atoms with E-state index in [-0.39, 0.29) is 5.56 Å². The van der Waals surface area contributed by atoms with Gasteiger partial charge in [-0.15, -0.1) is 0 Å². The van der Waals surface area contributed by atoms with E-state index in [4.69, 9.17) is 0 Å². The van der Waals surface area contributed by atoms with Gasteiger partial charge in [-0.1, -0.05) is 0 Å². The highest BCUT2D eigenvalue weighted by atomic mass is 19.3. The third-order valence-corrected chi connectivity index (χ3v) is 2.51. The van der Waals surface area contributed by atoms with Crippen LogP contribution in [0, 0.1) is 0 Å². The maximum Gasteiger partial charge on any atom is 0.255 e. The van der Waals surface area contributed by atoms with Gasteiger partial charge in [0.15, 0.2) is 0 Å². The molecule has 0 radical (unpaired) electrons. The first-order valence-electron chi connectivity index (χ1n) is 5.17. The molecule has 1 heterocycles. The summed E-state index contributed by atoms with van der Waals surface area (Å²) in [5.41, 5.74) is -0.284. The number of rotatable bonds is 4. The van der Waals surface area contributed by atoms with Crippen molar-refractivity contribution >= 4 is 5.82 Å². The standard InChI is InChI=1S/C10H13F2N3O/c1-15(5-7(11)12)8-4-9(16)14-10(13-8)6-2-3-6/h4,6-7H,2-3,5H2,1H3,(H,13,14,16). The van der Waals surface area contributed by atoms with Gasteiger partial charge >= 0.3 is 0 Å². The van der Waals surface area contributed by atoms with Gasteiger partial charge < -0.3 is 9.88 Å². The third kappa shape index (κ3) is 2.56. The Morgan fingerprint density at radius 3 is 2.88 bits per heavy atom. The predicted molar refractivity (Wildman–Crippen MR) is 56.1 cm³/mol. The fourth-order valence-electron chi connectivity index (χ4n) is 1.51. The van der Waals surface area contributed by atoms with Crippen molar-refractivity contribution in [3.05, 3.63) is 22.2 Å². The fourth-order valence-corrected chi connectivity index (χ4v) is 1.51. The molecule has 0 atom stereocenters. The van der Waals surface area contributed by atoms with E-state index in [0.717, 1.165) is 12.8 Å². The molecule has 0 aliphatic heterocycles. The number of halogens is 2. The van der Waals surface area contributed by atoms with Crippen LogP contribution in [0.15, 0.2) is 10.9 Å². The van der Waals surface area contributed by atoms with Crippen molar-refractivity contribution in [2.24, 2.45) is 0 Å². The summed E-state index contributed by atoms with van der Waals surface area (Å²) < 4.78 is 24.4. The zero-order chi connectivity index (χ0) is 11.7. The zero-order valence-corrected chi connectivity index (χ0v) is 8.91. The number of hydrogen-bond acceptors (Lipinski definition) is 3. The van der Waals surface area contributed by atoms with Crippen molar-refractivity contribution in [3.63, 3.8) is 0 Å². The van der Waals surface area contributed by atoms with E-state index in [1.165, 1.54) is 18.0 Å². The van der Waals surface area contributed by atoms with Gasteiger partial charge in [-0.2, -0.15) is 0 Å². The molecule has 0 saturated heterocycles. The monoisotopic (exact) mass is 229 g/mol. The quantitative estimate of drug-likeness (QED) is 0.847. The Kier molecular flexibility index (Phi) is 2.89. The summed E-state index contributed by atoms with van der Waals surface area (Å²) in [6.45, 7) is -0.416. The Morgan fingerprint density at radius 2 is 2.31 bits per heavy atom. The Bertz CT molecular complexity index is 428. The van der Waals surface area contributed by atoms with Gasteiger partial charge in [0.2, 0.25) is 0 Å². The molecule has 1 aliphatic carbocycles. The van der Waals surface area contributed by atoms with E-state index >= 15 is 0 Å². The third-order valence-electron chi connectivity index (χ3n) is 2.51. The first-order chi connectivity index (χ1) is 7.56. The molecule has 16 heavy (non-hydrogen) atoms. The molecule has 1 fully saturated rings. The number of aromatic nitrogens is 2. The number of hydrogen-bond donors (Lipinski definition) is 1. The highest BCUT2D eigenvalue weighted by Gasteiger charge is 2.26. The topological polar surface area (TPSA) is 49.0 Å². The van der Waals surface area contributed by atoms with Crippen LogP contribution < -0.4 is 10.5 Å². The molecule has 6 heteroatoms. The summed E-state index contributed by atoms with van der Waals surface area (Å²) in [5.74, 6) is 1.22. The van der Waals surface area contributed by atoms with Crippen molar-refractivity contribution in [2.75, 3.05) is 18.5 Å². The number of anilines is 1. The second-order valence-corrected chi connectivity index (χ2v) is 4.03. The number of alkyl halides is 2. The highest BCUT2D eigenvalue weighted by Crippen LogP contribution is 2.37. The minimum absolute atomic E-state index is 0.284. The van der Waals surface area contributed by atoms with Gasteiger partial charge in [0, 0.05) is 19.0 Å². The van der Waals surface area contributed by atoms with Crippen LogP contribution in [0.4, 0.5) is 14.6 Å². The van der Waals surface area contributed by atoms with E-state index in [2.05, 4.69) is 9.97 Å². The lowest BCUT2D eigenvalue weighted by Gasteiger charge is -2.17. The van der Waals surface area contributed by atoms with Crippen LogP contribution in [0.25, 0.3) is 0 Å². The number of aromatic amines is 1. The second kappa shape index (κ2) is 4.19. The van der Waals surface area contributed by atoms with Crippen LogP contribution >= 0.6 is 0 Å². The van der Waals surface area contributed by atoms with Crippen LogP contribution in [-0.2, 0) is 0 Å². The maximum atomic E-state index is 12.2. The summed E-state index contributed by atoms with van der Waals surface area (Å²) in [6.07, 6.45) is -0.425. The molecule has 0 amide bonds. The molecule has 1 aromatic rings. The lowest BCUT2D eigenvalue weighted by molar-refractivity contribution is 0.156. The van der Waals surface area contributed by atoms with Crippen molar-refractivity contribution in [1.82, 2.24) is 9.97 Å². The van der Waals surface area contributed by atoms with Crippen LogP contribution in [0.1, 0.15) is 24.6 Å². The van der Waals surface area contributed by atoms with Gasteiger partial charge in [0.1, 0.15) is 11.6 Å². The van der Waals surface area contributed by atoms with Crippen molar-refractivity contribution < 1.29 is 8.78 Å². The molecule has 0 aromatic carbocycles. The molecule has 0 spiro atoms. The largest absolute Gasteiger partial charge is 0.354 e. The van der Waals surface area contributed by atoms with Gasteiger partial charge in [0.25, 0.3) is 12.0 Å².